The van der Waals surface area contributed by atoms with E-state index in [0.717, 1.165) is 38.3 Å². The summed E-state index contributed by atoms with van der Waals surface area (Å²) in [5.41, 5.74) is 0. The number of aliphatic hydroxyl groups excluding tert-OH is 1. The van der Waals surface area contributed by atoms with Crippen molar-refractivity contribution in [2.24, 2.45) is 11.8 Å². The van der Waals surface area contributed by atoms with Crippen molar-refractivity contribution >= 4 is 5.91 Å². The van der Waals surface area contributed by atoms with E-state index in [1.165, 1.54) is 12.8 Å². The number of hydrogen-bond donors (Lipinski definition) is 2. The largest absolute Gasteiger partial charge is 0.396 e. The number of nitrogens with one attached hydrogen (secondary N) is 1. The van der Waals surface area contributed by atoms with E-state index < -0.39 is 0 Å². The van der Waals surface area contributed by atoms with Crippen molar-refractivity contribution in [3.05, 3.63) is 0 Å². The van der Waals surface area contributed by atoms with Gasteiger partial charge in [-0.3, -0.25) is 9.69 Å². The molecule has 0 bridgehead atoms. The van der Waals surface area contributed by atoms with Crippen LogP contribution in [0.5, 0.6) is 0 Å². The molecule has 1 saturated carbocycles. The molecule has 0 aromatic carbocycles. The maximum atomic E-state index is 11.9. The predicted octanol–water partition coefficient (Wildman–Crippen LogP) is 0.995. The van der Waals surface area contributed by atoms with Gasteiger partial charge in [0.1, 0.15) is 0 Å². The van der Waals surface area contributed by atoms with Crippen LogP contribution < -0.4 is 5.32 Å². The molecule has 4 heteroatoms. The minimum Gasteiger partial charge on any atom is -0.396 e. The number of likely N-dealkylation sites (tertiary alicyclic amines) is 1. The molecule has 0 aromatic rings. The fraction of sp³-hybridized carbons (Fsp3) is 0.929. The summed E-state index contributed by atoms with van der Waals surface area (Å²) >= 11 is 0. The van der Waals surface area contributed by atoms with Crippen LogP contribution in [-0.2, 0) is 4.79 Å². The van der Waals surface area contributed by atoms with Gasteiger partial charge < -0.3 is 10.4 Å². The van der Waals surface area contributed by atoms with Gasteiger partial charge in [-0.2, -0.15) is 0 Å². The second kappa shape index (κ2) is 6.53. The van der Waals surface area contributed by atoms with Crippen molar-refractivity contribution in [3.8, 4) is 0 Å². The van der Waals surface area contributed by atoms with Crippen LogP contribution in [0.15, 0.2) is 0 Å². The summed E-state index contributed by atoms with van der Waals surface area (Å²) < 4.78 is 0. The molecule has 2 aliphatic rings. The quantitative estimate of drug-likeness (QED) is 0.787. The van der Waals surface area contributed by atoms with E-state index >= 15 is 0 Å². The Morgan fingerprint density at radius 1 is 1.28 bits per heavy atom. The van der Waals surface area contributed by atoms with Crippen LogP contribution >= 0.6 is 0 Å². The minimum absolute atomic E-state index is 0.160. The molecule has 1 atom stereocenters. The van der Waals surface area contributed by atoms with Gasteiger partial charge in [0.25, 0.3) is 0 Å². The van der Waals surface area contributed by atoms with E-state index in [9.17, 15) is 4.79 Å². The fourth-order valence-electron chi connectivity index (χ4n) is 3.09. The molecule has 0 radical (unpaired) electrons. The highest BCUT2D eigenvalue weighted by Crippen LogP contribution is 2.23. The Bertz CT molecular complexity index is 269. The van der Waals surface area contributed by atoms with Crippen molar-refractivity contribution < 1.29 is 9.90 Å². The zero-order valence-corrected chi connectivity index (χ0v) is 11.4. The molecule has 104 valence electrons. The van der Waals surface area contributed by atoms with Gasteiger partial charge in [-0.1, -0.05) is 6.92 Å². The number of aliphatic hydroxyl groups is 1. The number of carbonyl (C=O) groups excluding carboxylic acids is 1. The summed E-state index contributed by atoms with van der Waals surface area (Å²) in [6, 6.07) is 0.393. The molecule has 0 aromatic heterocycles. The van der Waals surface area contributed by atoms with Gasteiger partial charge in [0.05, 0.1) is 6.54 Å². The lowest BCUT2D eigenvalue weighted by molar-refractivity contribution is -0.123. The highest BCUT2D eigenvalue weighted by atomic mass is 16.3. The molecule has 1 amide bonds. The lowest BCUT2D eigenvalue weighted by atomic mass is 9.87. The number of hydrogen-bond acceptors (Lipinski definition) is 3. The van der Waals surface area contributed by atoms with E-state index in [4.69, 9.17) is 5.11 Å². The monoisotopic (exact) mass is 254 g/mol. The van der Waals surface area contributed by atoms with Crippen LogP contribution in [-0.4, -0.2) is 48.2 Å². The van der Waals surface area contributed by atoms with Gasteiger partial charge >= 0.3 is 0 Å². The summed E-state index contributed by atoms with van der Waals surface area (Å²) in [4.78, 5) is 14.1. The first-order valence-corrected chi connectivity index (χ1v) is 7.30. The molecular formula is C14H26N2O2. The van der Waals surface area contributed by atoms with Crippen molar-refractivity contribution in [3.63, 3.8) is 0 Å². The molecule has 4 nitrogen and oxygen atoms in total. The SMILES string of the molecule is CC1CCC(NC(=O)CN2CCC(CO)C2)CC1. The lowest BCUT2D eigenvalue weighted by Gasteiger charge is -2.27. The zero-order valence-electron chi connectivity index (χ0n) is 11.4. The smallest absolute Gasteiger partial charge is 0.234 e. The van der Waals surface area contributed by atoms with Crippen molar-refractivity contribution in [1.29, 1.82) is 0 Å². The maximum absolute atomic E-state index is 11.9. The Labute approximate surface area is 110 Å². The highest BCUT2D eigenvalue weighted by molar-refractivity contribution is 5.78. The standard InChI is InChI=1S/C14H26N2O2/c1-11-2-4-13(5-3-11)15-14(18)9-16-7-6-12(8-16)10-17/h11-13,17H,2-10H2,1H3,(H,15,18). The van der Waals surface area contributed by atoms with Crippen molar-refractivity contribution in [2.75, 3.05) is 26.2 Å². The molecule has 2 N–H and O–H groups in total. The zero-order chi connectivity index (χ0) is 13.0. The number of nitrogens with zero attached hydrogens (tertiary/aromatic N) is 1. The van der Waals surface area contributed by atoms with Crippen LogP contribution in [0.2, 0.25) is 0 Å². The minimum atomic E-state index is 0.160. The van der Waals surface area contributed by atoms with E-state index in [0.29, 0.717) is 18.5 Å². The summed E-state index contributed by atoms with van der Waals surface area (Å²) in [5, 5.41) is 12.2. The van der Waals surface area contributed by atoms with Gasteiger partial charge in [0.2, 0.25) is 5.91 Å². The van der Waals surface area contributed by atoms with Crippen LogP contribution in [0.3, 0.4) is 0 Å². The predicted molar refractivity (Wildman–Crippen MR) is 71.2 cm³/mol. The third-order valence-corrected chi connectivity index (χ3v) is 4.38. The van der Waals surface area contributed by atoms with Crippen molar-refractivity contribution in [2.45, 2.75) is 45.1 Å². The third-order valence-electron chi connectivity index (χ3n) is 4.38. The summed E-state index contributed by atoms with van der Waals surface area (Å²) in [5.74, 6) is 1.35. The molecule has 1 aliphatic heterocycles. The Morgan fingerprint density at radius 2 is 2.00 bits per heavy atom. The fourth-order valence-corrected chi connectivity index (χ4v) is 3.09. The first-order chi connectivity index (χ1) is 8.67. The first kappa shape index (κ1) is 13.8. The number of rotatable bonds is 4. The molecule has 2 rings (SSSR count). The Kier molecular flexibility index (Phi) is 5.01. The molecule has 1 unspecified atom stereocenters. The second-order valence-corrected chi connectivity index (χ2v) is 6.10. The third kappa shape index (κ3) is 3.95. The Balaban J connectivity index is 1.66. The molecule has 18 heavy (non-hydrogen) atoms. The van der Waals surface area contributed by atoms with Gasteiger partial charge in [0, 0.05) is 19.2 Å². The van der Waals surface area contributed by atoms with E-state index in [1.54, 1.807) is 0 Å². The van der Waals surface area contributed by atoms with E-state index in [-0.39, 0.29) is 12.5 Å². The first-order valence-electron chi connectivity index (χ1n) is 7.30. The Morgan fingerprint density at radius 3 is 2.61 bits per heavy atom. The molecular weight excluding hydrogens is 228 g/mol. The summed E-state index contributed by atoms with van der Waals surface area (Å²) in [6.45, 7) is 4.85. The van der Waals surface area contributed by atoms with E-state index in [2.05, 4.69) is 17.1 Å². The summed E-state index contributed by atoms with van der Waals surface area (Å²) in [6.07, 6.45) is 5.76. The lowest BCUT2D eigenvalue weighted by Crippen LogP contribution is -2.42. The molecule has 1 saturated heterocycles. The Hall–Kier alpha value is -0.610. The normalized spacial score (nSPS) is 33.6. The number of carbonyl (C=O) groups is 1. The van der Waals surface area contributed by atoms with Gasteiger partial charge in [-0.25, -0.2) is 0 Å². The van der Waals surface area contributed by atoms with Gasteiger partial charge in [0.15, 0.2) is 0 Å². The topological polar surface area (TPSA) is 52.6 Å². The average molecular weight is 254 g/mol. The molecule has 0 spiro atoms. The highest BCUT2D eigenvalue weighted by Gasteiger charge is 2.25. The average Bonchev–Trinajstić information content (AvgIpc) is 2.79. The molecule has 2 fully saturated rings. The van der Waals surface area contributed by atoms with Crippen LogP contribution in [0.1, 0.15) is 39.0 Å². The second-order valence-electron chi connectivity index (χ2n) is 6.10. The van der Waals surface area contributed by atoms with Crippen LogP contribution in [0.4, 0.5) is 0 Å². The molecule has 1 aliphatic carbocycles. The maximum Gasteiger partial charge on any atom is 0.234 e. The van der Waals surface area contributed by atoms with Crippen LogP contribution in [0.25, 0.3) is 0 Å². The van der Waals surface area contributed by atoms with E-state index in [1.807, 2.05) is 0 Å². The van der Waals surface area contributed by atoms with Gasteiger partial charge in [-0.05, 0) is 50.5 Å². The summed E-state index contributed by atoms with van der Waals surface area (Å²) in [7, 11) is 0. The molecule has 1 heterocycles. The number of amides is 1. The van der Waals surface area contributed by atoms with Crippen molar-refractivity contribution in [1.82, 2.24) is 10.2 Å². The van der Waals surface area contributed by atoms with Crippen LogP contribution in [0, 0.1) is 11.8 Å². The van der Waals surface area contributed by atoms with Gasteiger partial charge in [-0.15, -0.1) is 0 Å².